The second-order valence-electron chi connectivity index (χ2n) is 9.05. The predicted molar refractivity (Wildman–Crippen MR) is 143 cm³/mol. The molecule has 0 radical (unpaired) electrons. The van der Waals surface area contributed by atoms with Crippen LogP contribution in [-0.2, 0) is 14.8 Å². The number of carbonyl (C=O) groups excluding carboxylic acids is 1. The maximum absolute atomic E-state index is 13.1. The molecule has 11 heteroatoms. The highest BCUT2D eigenvalue weighted by Gasteiger charge is 2.27. The van der Waals surface area contributed by atoms with E-state index in [1.54, 1.807) is 17.0 Å². The normalized spacial score (nSPS) is 16.9. The summed E-state index contributed by atoms with van der Waals surface area (Å²) in [6.45, 7) is 6.36. The van der Waals surface area contributed by atoms with E-state index < -0.39 is 10.0 Å². The Morgan fingerprint density at radius 2 is 1.55 bits per heavy atom. The van der Waals surface area contributed by atoms with Crippen LogP contribution < -0.4 is 9.64 Å². The van der Waals surface area contributed by atoms with Gasteiger partial charge in [-0.15, -0.1) is 10.2 Å². The highest BCUT2D eigenvalue weighted by atomic mass is 32.2. The van der Waals surface area contributed by atoms with Gasteiger partial charge in [-0.05, 0) is 67.6 Å². The summed E-state index contributed by atoms with van der Waals surface area (Å²) in [7, 11) is -3.59. The maximum Gasteiger partial charge on any atom is 0.253 e. The number of nitrogens with zero attached hydrogens (tertiary/aromatic N) is 5. The third kappa shape index (κ3) is 5.64. The van der Waals surface area contributed by atoms with Gasteiger partial charge >= 0.3 is 0 Å². The monoisotopic (exact) mass is 537 g/mol. The molecule has 200 valence electrons. The van der Waals surface area contributed by atoms with Crippen molar-refractivity contribution in [2.45, 2.75) is 11.8 Å². The summed E-state index contributed by atoms with van der Waals surface area (Å²) < 4.78 is 37.8. The standard InChI is InChI=1S/C27H31N5O5S/c1-2-37-23-7-3-21(4-8-23)25-11-12-26(29-28-25)30-13-15-31(16-14-30)27(33)22-5-9-24(10-6-22)38(34,35)32-17-19-36-20-18-32/h3-12H,2,13-20H2,1H3. The Labute approximate surface area is 222 Å². The van der Waals surface area contributed by atoms with Crippen LogP contribution >= 0.6 is 0 Å². The SMILES string of the molecule is CCOc1ccc(-c2ccc(N3CCN(C(=O)c4ccc(S(=O)(=O)N5CCOCC5)cc4)CC3)nn2)cc1. The summed E-state index contributed by atoms with van der Waals surface area (Å²) in [5, 5.41) is 8.80. The number of amides is 1. The van der Waals surface area contributed by atoms with Crippen LogP contribution in [-0.4, -0.2) is 92.8 Å². The van der Waals surface area contributed by atoms with Crippen LogP contribution in [0.15, 0.2) is 65.6 Å². The molecule has 2 aliphatic heterocycles. The lowest BCUT2D eigenvalue weighted by Gasteiger charge is -2.35. The van der Waals surface area contributed by atoms with Crippen molar-refractivity contribution in [2.75, 3.05) is 64.0 Å². The number of hydrogen-bond donors (Lipinski definition) is 0. The first-order chi connectivity index (χ1) is 18.5. The number of aromatic nitrogens is 2. The summed E-state index contributed by atoms with van der Waals surface area (Å²) in [5.41, 5.74) is 2.22. The van der Waals surface area contributed by atoms with Crippen molar-refractivity contribution >= 4 is 21.7 Å². The first kappa shape index (κ1) is 26.1. The van der Waals surface area contributed by atoms with E-state index in [-0.39, 0.29) is 10.8 Å². The van der Waals surface area contributed by atoms with Crippen LogP contribution in [0, 0.1) is 0 Å². The maximum atomic E-state index is 13.1. The fourth-order valence-corrected chi connectivity index (χ4v) is 5.97. The zero-order valence-corrected chi connectivity index (χ0v) is 22.1. The Bertz CT molecular complexity index is 1330. The van der Waals surface area contributed by atoms with Crippen molar-refractivity contribution in [1.29, 1.82) is 0 Å². The van der Waals surface area contributed by atoms with Crippen LogP contribution in [0.3, 0.4) is 0 Å². The van der Waals surface area contributed by atoms with Gasteiger partial charge < -0.3 is 19.3 Å². The van der Waals surface area contributed by atoms with E-state index in [1.165, 1.54) is 16.4 Å². The van der Waals surface area contributed by atoms with E-state index in [0.717, 1.165) is 22.8 Å². The van der Waals surface area contributed by atoms with Crippen LogP contribution in [0.4, 0.5) is 5.82 Å². The Morgan fingerprint density at radius 3 is 2.16 bits per heavy atom. The number of morpholine rings is 1. The molecular weight excluding hydrogens is 506 g/mol. The van der Waals surface area contributed by atoms with Gasteiger partial charge in [-0.2, -0.15) is 4.31 Å². The fourth-order valence-electron chi connectivity index (χ4n) is 4.56. The van der Waals surface area contributed by atoms with Gasteiger partial charge in [0.05, 0.1) is 30.4 Å². The number of anilines is 1. The van der Waals surface area contributed by atoms with Crippen molar-refractivity contribution in [3.8, 4) is 17.0 Å². The van der Waals surface area contributed by atoms with E-state index in [0.29, 0.717) is 64.7 Å². The molecule has 2 aromatic carbocycles. The van der Waals surface area contributed by atoms with Crippen molar-refractivity contribution in [2.24, 2.45) is 0 Å². The lowest BCUT2D eigenvalue weighted by Crippen LogP contribution is -2.49. The van der Waals surface area contributed by atoms with Crippen molar-refractivity contribution in [3.05, 3.63) is 66.2 Å². The lowest BCUT2D eigenvalue weighted by atomic mass is 10.1. The van der Waals surface area contributed by atoms with E-state index in [2.05, 4.69) is 15.1 Å². The molecule has 2 fully saturated rings. The molecule has 5 rings (SSSR count). The molecule has 1 aromatic heterocycles. The van der Waals surface area contributed by atoms with E-state index in [9.17, 15) is 13.2 Å². The van der Waals surface area contributed by atoms with Gasteiger partial charge in [0.1, 0.15) is 5.75 Å². The zero-order chi connectivity index (χ0) is 26.5. The number of benzene rings is 2. The van der Waals surface area contributed by atoms with Crippen LogP contribution in [0.2, 0.25) is 0 Å². The highest BCUT2D eigenvalue weighted by Crippen LogP contribution is 2.23. The third-order valence-corrected chi connectivity index (χ3v) is 8.62. The molecule has 0 aliphatic carbocycles. The Morgan fingerprint density at radius 1 is 0.868 bits per heavy atom. The van der Waals surface area contributed by atoms with E-state index in [1.807, 2.05) is 43.3 Å². The molecule has 0 N–H and O–H groups in total. The molecule has 2 saturated heterocycles. The Balaban J connectivity index is 1.17. The summed E-state index contributed by atoms with van der Waals surface area (Å²) >= 11 is 0. The summed E-state index contributed by atoms with van der Waals surface area (Å²) in [4.78, 5) is 17.1. The van der Waals surface area contributed by atoms with Gasteiger partial charge in [-0.3, -0.25) is 4.79 Å². The summed E-state index contributed by atoms with van der Waals surface area (Å²) in [5.74, 6) is 1.48. The molecule has 10 nitrogen and oxygen atoms in total. The summed E-state index contributed by atoms with van der Waals surface area (Å²) in [6.07, 6.45) is 0. The largest absolute Gasteiger partial charge is 0.494 e. The molecule has 38 heavy (non-hydrogen) atoms. The third-order valence-electron chi connectivity index (χ3n) is 6.71. The highest BCUT2D eigenvalue weighted by molar-refractivity contribution is 7.89. The van der Waals surface area contributed by atoms with E-state index in [4.69, 9.17) is 9.47 Å². The molecular formula is C27H31N5O5S. The van der Waals surface area contributed by atoms with Crippen LogP contribution in [0.25, 0.3) is 11.3 Å². The fraction of sp³-hybridized carbons (Fsp3) is 0.370. The smallest absolute Gasteiger partial charge is 0.253 e. The van der Waals surface area contributed by atoms with Gasteiger partial charge in [-0.25, -0.2) is 8.42 Å². The average Bonchev–Trinajstić information content (AvgIpc) is 2.98. The molecule has 0 atom stereocenters. The number of piperazine rings is 1. The minimum absolute atomic E-state index is 0.114. The molecule has 0 unspecified atom stereocenters. The number of hydrogen-bond acceptors (Lipinski definition) is 8. The molecule has 0 saturated carbocycles. The average molecular weight is 538 g/mol. The topological polar surface area (TPSA) is 105 Å². The van der Waals surface area contributed by atoms with Crippen molar-refractivity contribution in [3.63, 3.8) is 0 Å². The number of rotatable bonds is 7. The number of sulfonamides is 1. The number of carbonyl (C=O) groups is 1. The molecule has 3 heterocycles. The van der Waals surface area contributed by atoms with Crippen molar-refractivity contribution in [1.82, 2.24) is 19.4 Å². The first-order valence-corrected chi connectivity index (χ1v) is 14.2. The number of ether oxygens (including phenoxy) is 2. The van der Waals surface area contributed by atoms with Gasteiger partial charge in [-0.1, -0.05) is 0 Å². The predicted octanol–water partition coefficient (Wildman–Crippen LogP) is 2.53. The van der Waals surface area contributed by atoms with E-state index >= 15 is 0 Å². The van der Waals surface area contributed by atoms with Gasteiger partial charge in [0.2, 0.25) is 10.0 Å². The van der Waals surface area contributed by atoms with Gasteiger partial charge in [0.25, 0.3) is 5.91 Å². The van der Waals surface area contributed by atoms with Crippen molar-refractivity contribution < 1.29 is 22.7 Å². The first-order valence-electron chi connectivity index (χ1n) is 12.7. The molecule has 1 amide bonds. The Hall–Kier alpha value is -3.54. The second-order valence-corrected chi connectivity index (χ2v) is 11.0. The zero-order valence-electron chi connectivity index (χ0n) is 21.3. The Kier molecular flexibility index (Phi) is 7.87. The molecule has 0 spiro atoms. The van der Waals surface area contributed by atoms with Gasteiger partial charge in [0, 0.05) is 50.4 Å². The minimum atomic E-state index is -3.59. The minimum Gasteiger partial charge on any atom is -0.494 e. The van der Waals surface area contributed by atoms with Crippen LogP contribution in [0.5, 0.6) is 5.75 Å². The van der Waals surface area contributed by atoms with Crippen LogP contribution in [0.1, 0.15) is 17.3 Å². The molecule has 0 bridgehead atoms. The quantitative estimate of drug-likeness (QED) is 0.453. The molecule has 2 aliphatic rings. The molecule has 3 aromatic rings. The summed E-state index contributed by atoms with van der Waals surface area (Å²) in [6, 6.07) is 17.9. The second kappa shape index (κ2) is 11.5. The van der Waals surface area contributed by atoms with Gasteiger partial charge in [0.15, 0.2) is 5.82 Å². The lowest BCUT2D eigenvalue weighted by molar-refractivity contribution is 0.0730.